The van der Waals surface area contributed by atoms with Gasteiger partial charge in [-0.3, -0.25) is 0 Å². The molecule has 0 radical (unpaired) electrons. The van der Waals surface area contributed by atoms with E-state index in [9.17, 15) is 4.39 Å². The summed E-state index contributed by atoms with van der Waals surface area (Å²) in [5.74, 6) is 0. The molecule has 72 valence electrons. The minimum atomic E-state index is -1.69. The van der Waals surface area contributed by atoms with Gasteiger partial charge in [0.2, 0.25) is 0 Å². The number of ether oxygens (including phenoxy) is 2. The van der Waals surface area contributed by atoms with Crippen molar-refractivity contribution in [3.63, 3.8) is 0 Å². The van der Waals surface area contributed by atoms with Gasteiger partial charge in [0.1, 0.15) is 12.2 Å². The van der Waals surface area contributed by atoms with Crippen LogP contribution in [0.4, 0.5) is 4.39 Å². The Morgan fingerprint density at radius 3 is 2.42 bits per heavy atom. The molecule has 0 aromatic rings. The number of aliphatic hydroxyl groups is 2. The minimum absolute atomic E-state index is 0.614. The fourth-order valence-corrected chi connectivity index (χ4v) is 1.18. The lowest BCUT2D eigenvalue weighted by molar-refractivity contribution is -0.270. The van der Waals surface area contributed by atoms with Crippen LogP contribution in [0.2, 0.25) is 0 Å². The number of hydrogen-bond donors (Lipinski definition) is 2. The van der Waals surface area contributed by atoms with Crippen molar-refractivity contribution in [1.82, 2.24) is 0 Å². The van der Waals surface area contributed by atoms with Crippen LogP contribution in [0, 0.1) is 0 Å². The molecule has 1 aliphatic rings. The third-order valence-corrected chi connectivity index (χ3v) is 2.00. The second kappa shape index (κ2) is 3.66. The first-order valence-electron chi connectivity index (χ1n) is 3.76. The van der Waals surface area contributed by atoms with Crippen molar-refractivity contribution in [3.8, 4) is 0 Å². The van der Waals surface area contributed by atoms with Crippen LogP contribution < -0.4 is 0 Å². The van der Waals surface area contributed by atoms with E-state index in [0.29, 0.717) is 0 Å². The minimum Gasteiger partial charge on any atom is -0.388 e. The van der Waals surface area contributed by atoms with E-state index in [-0.39, 0.29) is 0 Å². The summed E-state index contributed by atoms with van der Waals surface area (Å²) in [7, 11) is 1.29. The van der Waals surface area contributed by atoms with Crippen LogP contribution in [0.3, 0.4) is 0 Å². The first kappa shape index (κ1) is 9.85. The third kappa shape index (κ3) is 1.59. The molecule has 1 fully saturated rings. The molecule has 2 N–H and O–H groups in total. The highest BCUT2D eigenvalue weighted by atomic mass is 19.1. The van der Waals surface area contributed by atoms with Gasteiger partial charge in [-0.1, -0.05) is 0 Å². The topological polar surface area (TPSA) is 58.9 Å². The van der Waals surface area contributed by atoms with Crippen molar-refractivity contribution >= 4 is 0 Å². The second-order valence-corrected chi connectivity index (χ2v) is 2.87. The van der Waals surface area contributed by atoms with Crippen molar-refractivity contribution in [2.75, 3.05) is 7.11 Å². The Bertz CT molecular complexity index is 150. The Morgan fingerprint density at radius 2 is 1.92 bits per heavy atom. The fraction of sp³-hybridized carbons (Fsp3) is 1.00. The zero-order chi connectivity index (χ0) is 9.30. The Kier molecular flexibility index (Phi) is 3.00. The van der Waals surface area contributed by atoms with Crippen LogP contribution >= 0.6 is 0 Å². The first-order valence-corrected chi connectivity index (χ1v) is 3.76. The van der Waals surface area contributed by atoms with Crippen LogP contribution in [0.1, 0.15) is 6.92 Å². The summed E-state index contributed by atoms with van der Waals surface area (Å²) in [6, 6.07) is 0. The Balaban J connectivity index is 2.63. The van der Waals surface area contributed by atoms with Crippen molar-refractivity contribution in [2.24, 2.45) is 0 Å². The van der Waals surface area contributed by atoms with Crippen molar-refractivity contribution in [1.29, 1.82) is 0 Å². The summed E-state index contributed by atoms with van der Waals surface area (Å²) in [6.07, 6.45) is -6.01. The summed E-state index contributed by atoms with van der Waals surface area (Å²) in [6.45, 7) is 1.55. The number of aliphatic hydroxyl groups excluding tert-OH is 2. The number of rotatable bonds is 1. The van der Waals surface area contributed by atoms with Gasteiger partial charge in [0.15, 0.2) is 12.5 Å². The van der Waals surface area contributed by atoms with Gasteiger partial charge >= 0.3 is 0 Å². The van der Waals surface area contributed by atoms with E-state index in [2.05, 4.69) is 4.74 Å². The molecule has 0 aliphatic carbocycles. The van der Waals surface area contributed by atoms with Crippen LogP contribution in [-0.4, -0.2) is 48.1 Å². The summed E-state index contributed by atoms with van der Waals surface area (Å²) in [4.78, 5) is 0. The molecular formula is C7H13FO4. The Hall–Kier alpha value is -0.230. The van der Waals surface area contributed by atoms with E-state index >= 15 is 0 Å². The van der Waals surface area contributed by atoms with E-state index in [1.54, 1.807) is 6.92 Å². The number of alkyl halides is 1. The highest BCUT2D eigenvalue weighted by molar-refractivity contribution is 4.87. The van der Waals surface area contributed by atoms with E-state index in [1.165, 1.54) is 7.11 Å². The number of methoxy groups -OCH3 is 1. The quantitative estimate of drug-likeness (QED) is 0.567. The van der Waals surface area contributed by atoms with Gasteiger partial charge in [-0.25, -0.2) is 4.39 Å². The molecule has 5 atom stereocenters. The van der Waals surface area contributed by atoms with E-state index < -0.39 is 30.8 Å². The van der Waals surface area contributed by atoms with Gasteiger partial charge in [0.05, 0.1) is 6.10 Å². The Labute approximate surface area is 69.9 Å². The van der Waals surface area contributed by atoms with Crippen LogP contribution in [0.25, 0.3) is 0 Å². The number of hydrogen-bond acceptors (Lipinski definition) is 4. The van der Waals surface area contributed by atoms with E-state index in [4.69, 9.17) is 14.9 Å². The van der Waals surface area contributed by atoms with Gasteiger partial charge in [-0.15, -0.1) is 0 Å². The zero-order valence-electron chi connectivity index (χ0n) is 6.98. The maximum atomic E-state index is 13.0. The van der Waals surface area contributed by atoms with Gasteiger partial charge in [-0.2, -0.15) is 0 Å². The predicted octanol–water partition coefficient (Wildman–Crippen LogP) is -0.563. The molecule has 1 rings (SSSR count). The number of halogens is 1. The summed E-state index contributed by atoms with van der Waals surface area (Å²) in [5, 5.41) is 18.3. The van der Waals surface area contributed by atoms with Crippen molar-refractivity contribution < 1.29 is 24.1 Å². The molecule has 0 aromatic heterocycles. The van der Waals surface area contributed by atoms with Gasteiger partial charge in [0, 0.05) is 7.11 Å². The lowest BCUT2D eigenvalue weighted by Gasteiger charge is -2.37. The third-order valence-electron chi connectivity index (χ3n) is 2.00. The normalized spacial score (nSPS) is 49.2. The highest BCUT2D eigenvalue weighted by Crippen LogP contribution is 2.23. The van der Waals surface area contributed by atoms with Crippen LogP contribution in [-0.2, 0) is 9.47 Å². The first-order chi connectivity index (χ1) is 5.57. The smallest absolute Gasteiger partial charge is 0.191 e. The maximum Gasteiger partial charge on any atom is 0.191 e. The lowest BCUT2D eigenvalue weighted by Crippen LogP contribution is -2.55. The summed E-state index contributed by atoms with van der Waals surface area (Å²) in [5.41, 5.74) is 0. The van der Waals surface area contributed by atoms with E-state index in [1.807, 2.05) is 0 Å². The largest absolute Gasteiger partial charge is 0.388 e. The molecule has 0 bridgehead atoms. The van der Waals surface area contributed by atoms with Crippen molar-refractivity contribution in [2.45, 2.75) is 37.7 Å². The molecule has 0 amide bonds. The fourth-order valence-electron chi connectivity index (χ4n) is 1.18. The standard InChI is InChI=1S/C7H13FO4/c1-3-5(9)6(10)4(8)7(11-2)12-3/h3-7,9-10H,1-2H3/t3-,4-,5+,6+,7+/m1/s1. The molecule has 5 heteroatoms. The molecular weight excluding hydrogens is 167 g/mol. The molecule has 0 unspecified atom stereocenters. The van der Waals surface area contributed by atoms with Gasteiger partial charge < -0.3 is 19.7 Å². The molecule has 0 saturated carbocycles. The zero-order valence-corrected chi connectivity index (χ0v) is 6.98. The summed E-state index contributed by atoms with van der Waals surface area (Å²) < 4.78 is 22.6. The average molecular weight is 180 g/mol. The molecule has 1 aliphatic heterocycles. The monoisotopic (exact) mass is 180 g/mol. The predicted molar refractivity (Wildman–Crippen MR) is 38.3 cm³/mol. The molecule has 0 spiro atoms. The molecule has 1 heterocycles. The molecule has 4 nitrogen and oxygen atoms in total. The lowest BCUT2D eigenvalue weighted by atomic mass is 10.0. The van der Waals surface area contributed by atoms with E-state index in [0.717, 1.165) is 0 Å². The van der Waals surface area contributed by atoms with Crippen LogP contribution in [0.15, 0.2) is 0 Å². The second-order valence-electron chi connectivity index (χ2n) is 2.87. The summed E-state index contributed by atoms with van der Waals surface area (Å²) >= 11 is 0. The Morgan fingerprint density at radius 1 is 1.33 bits per heavy atom. The van der Waals surface area contributed by atoms with Gasteiger partial charge in [-0.05, 0) is 6.92 Å². The van der Waals surface area contributed by atoms with Gasteiger partial charge in [0.25, 0.3) is 0 Å². The molecule has 1 saturated heterocycles. The van der Waals surface area contributed by atoms with Crippen molar-refractivity contribution in [3.05, 3.63) is 0 Å². The van der Waals surface area contributed by atoms with Crippen LogP contribution in [0.5, 0.6) is 0 Å². The SMILES string of the molecule is CO[C@H]1O[C@H](C)[C@H](O)[C@@H](O)[C@H]1F. The molecule has 12 heavy (non-hydrogen) atoms. The highest BCUT2D eigenvalue weighted by Gasteiger charge is 2.43. The molecule has 0 aromatic carbocycles. The maximum absolute atomic E-state index is 13.0. The average Bonchev–Trinajstić information content (AvgIpc) is 2.08.